The Kier molecular flexibility index (Phi) is 6.94. The first kappa shape index (κ1) is 15.4. The summed E-state index contributed by atoms with van der Waals surface area (Å²) < 4.78 is 9.99. The first-order valence-electron chi connectivity index (χ1n) is 5.53. The molecule has 0 spiro atoms. The van der Waals surface area contributed by atoms with Crippen molar-refractivity contribution < 1.29 is 19.1 Å². The second-order valence-corrected chi connectivity index (χ2v) is 4.03. The Hall–Kier alpha value is -1.58. The molecule has 0 amide bonds. The van der Waals surface area contributed by atoms with E-state index in [2.05, 4.69) is 13.2 Å². The maximum atomic E-state index is 11.2. The Morgan fingerprint density at radius 2 is 1.35 bits per heavy atom. The van der Waals surface area contributed by atoms with E-state index in [0.717, 1.165) is 6.42 Å². The van der Waals surface area contributed by atoms with Gasteiger partial charge in [0.2, 0.25) is 0 Å². The van der Waals surface area contributed by atoms with Crippen LogP contribution >= 0.6 is 0 Å². The summed E-state index contributed by atoms with van der Waals surface area (Å²) in [5, 5.41) is 0. The third-order valence-corrected chi connectivity index (χ3v) is 2.17. The molecule has 0 aliphatic carbocycles. The molecule has 17 heavy (non-hydrogen) atoms. The van der Waals surface area contributed by atoms with Gasteiger partial charge in [0.15, 0.2) is 0 Å². The lowest BCUT2D eigenvalue weighted by atomic mass is 10.1. The van der Waals surface area contributed by atoms with Crippen LogP contribution in [0.5, 0.6) is 0 Å². The molecule has 96 valence electrons. The normalized spacial score (nSPS) is 9.88. The average molecular weight is 240 g/mol. The smallest absolute Gasteiger partial charge is 0.333 e. The van der Waals surface area contributed by atoms with Gasteiger partial charge in [0.25, 0.3) is 0 Å². The lowest BCUT2D eigenvalue weighted by Crippen LogP contribution is -2.20. The zero-order chi connectivity index (χ0) is 13.4. The van der Waals surface area contributed by atoms with Crippen molar-refractivity contribution in [3.8, 4) is 0 Å². The Bertz CT molecular complexity index is 287. The number of hydrogen-bond donors (Lipinski definition) is 0. The SMILES string of the molecule is C=C(C)C(=O)OCC(CC)COC(=O)C(=C)C. The summed E-state index contributed by atoms with van der Waals surface area (Å²) in [5.74, 6) is -0.842. The van der Waals surface area contributed by atoms with Crippen molar-refractivity contribution in [2.45, 2.75) is 27.2 Å². The third kappa shape index (κ3) is 6.56. The first-order chi connectivity index (χ1) is 7.88. The van der Waals surface area contributed by atoms with Crippen LogP contribution < -0.4 is 0 Å². The van der Waals surface area contributed by atoms with E-state index in [4.69, 9.17) is 9.47 Å². The minimum atomic E-state index is -0.422. The second kappa shape index (κ2) is 7.65. The van der Waals surface area contributed by atoms with Crippen LogP contribution in [0.3, 0.4) is 0 Å². The number of hydrogen-bond acceptors (Lipinski definition) is 4. The zero-order valence-corrected chi connectivity index (χ0v) is 10.7. The molecular weight excluding hydrogens is 220 g/mol. The quantitative estimate of drug-likeness (QED) is 0.506. The molecule has 0 aromatic carbocycles. The molecule has 0 aromatic heterocycles. The molecule has 0 saturated carbocycles. The maximum Gasteiger partial charge on any atom is 0.333 e. The van der Waals surface area contributed by atoms with E-state index in [9.17, 15) is 9.59 Å². The summed E-state index contributed by atoms with van der Waals surface area (Å²) in [6.07, 6.45) is 0.757. The molecule has 0 aromatic rings. The minimum absolute atomic E-state index is 0.00148. The summed E-state index contributed by atoms with van der Waals surface area (Å²) in [6, 6.07) is 0. The van der Waals surface area contributed by atoms with Crippen LogP contribution in [0, 0.1) is 5.92 Å². The fourth-order valence-electron chi connectivity index (χ4n) is 0.917. The number of carbonyl (C=O) groups excluding carboxylic acids is 2. The third-order valence-electron chi connectivity index (χ3n) is 2.17. The van der Waals surface area contributed by atoms with Crippen LogP contribution in [-0.2, 0) is 19.1 Å². The lowest BCUT2D eigenvalue weighted by molar-refractivity contribution is -0.144. The van der Waals surface area contributed by atoms with E-state index < -0.39 is 11.9 Å². The Morgan fingerprint density at radius 1 is 1.00 bits per heavy atom. The molecule has 0 unspecified atom stereocenters. The molecule has 0 aliphatic heterocycles. The van der Waals surface area contributed by atoms with Gasteiger partial charge in [0, 0.05) is 17.1 Å². The highest BCUT2D eigenvalue weighted by atomic mass is 16.5. The van der Waals surface area contributed by atoms with Gasteiger partial charge in [-0.15, -0.1) is 0 Å². The highest BCUT2D eigenvalue weighted by Gasteiger charge is 2.13. The van der Waals surface area contributed by atoms with Gasteiger partial charge in [-0.05, 0) is 20.3 Å². The average Bonchev–Trinajstić information content (AvgIpc) is 2.28. The van der Waals surface area contributed by atoms with E-state index in [0.29, 0.717) is 11.1 Å². The van der Waals surface area contributed by atoms with E-state index in [1.165, 1.54) is 0 Å². The molecule has 0 atom stereocenters. The number of ether oxygens (including phenoxy) is 2. The molecule has 0 N–H and O–H groups in total. The van der Waals surface area contributed by atoms with E-state index in [-0.39, 0.29) is 19.1 Å². The van der Waals surface area contributed by atoms with Gasteiger partial charge < -0.3 is 9.47 Å². The van der Waals surface area contributed by atoms with Gasteiger partial charge in [-0.3, -0.25) is 0 Å². The first-order valence-corrected chi connectivity index (χ1v) is 5.53. The molecule has 0 heterocycles. The summed E-state index contributed by atoms with van der Waals surface area (Å²) in [7, 11) is 0. The van der Waals surface area contributed by atoms with Crippen LogP contribution in [0.4, 0.5) is 0 Å². The number of rotatable bonds is 7. The highest BCUT2D eigenvalue weighted by molar-refractivity contribution is 5.87. The standard InChI is InChI=1S/C13H20O4/c1-6-11(7-16-12(14)9(2)3)8-17-13(15)10(4)5/h11H,2,4,6-8H2,1,3,5H3. The number of carbonyl (C=O) groups is 2. The van der Waals surface area contributed by atoms with E-state index >= 15 is 0 Å². The summed E-state index contributed by atoms with van der Waals surface area (Å²) in [6.45, 7) is 12.5. The van der Waals surface area contributed by atoms with Crippen molar-refractivity contribution in [1.82, 2.24) is 0 Å². The molecule has 0 fully saturated rings. The van der Waals surface area contributed by atoms with Crippen molar-refractivity contribution >= 4 is 11.9 Å². The monoisotopic (exact) mass is 240 g/mol. The molecule has 0 bridgehead atoms. The summed E-state index contributed by atoms with van der Waals surface area (Å²) in [5.41, 5.74) is 0.720. The van der Waals surface area contributed by atoms with Crippen molar-refractivity contribution in [3.63, 3.8) is 0 Å². The molecule has 0 saturated heterocycles. The van der Waals surface area contributed by atoms with Gasteiger partial charge in [-0.1, -0.05) is 20.1 Å². The largest absolute Gasteiger partial charge is 0.462 e. The van der Waals surface area contributed by atoms with Gasteiger partial charge in [0.05, 0.1) is 13.2 Å². The van der Waals surface area contributed by atoms with Gasteiger partial charge >= 0.3 is 11.9 Å². The molecule has 0 rings (SSSR count). The van der Waals surface area contributed by atoms with Crippen LogP contribution in [0.1, 0.15) is 27.2 Å². The minimum Gasteiger partial charge on any atom is -0.462 e. The van der Waals surface area contributed by atoms with Crippen LogP contribution in [-0.4, -0.2) is 25.2 Å². The molecule has 4 nitrogen and oxygen atoms in total. The molecular formula is C13H20O4. The van der Waals surface area contributed by atoms with Crippen molar-refractivity contribution in [1.29, 1.82) is 0 Å². The molecule has 0 aliphatic rings. The van der Waals surface area contributed by atoms with Crippen molar-refractivity contribution in [2.24, 2.45) is 5.92 Å². The molecule has 4 heteroatoms. The molecule has 0 radical (unpaired) electrons. The van der Waals surface area contributed by atoms with E-state index in [1.54, 1.807) is 13.8 Å². The maximum absolute atomic E-state index is 11.2. The highest BCUT2D eigenvalue weighted by Crippen LogP contribution is 2.07. The van der Waals surface area contributed by atoms with Gasteiger partial charge in [-0.25, -0.2) is 9.59 Å². The Morgan fingerprint density at radius 3 is 1.59 bits per heavy atom. The van der Waals surface area contributed by atoms with E-state index in [1.807, 2.05) is 6.92 Å². The zero-order valence-electron chi connectivity index (χ0n) is 10.7. The van der Waals surface area contributed by atoms with Gasteiger partial charge in [-0.2, -0.15) is 0 Å². The van der Waals surface area contributed by atoms with Crippen LogP contribution in [0.25, 0.3) is 0 Å². The Balaban J connectivity index is 4.00. The topological polar surface area (TPSA) is 52.6 Å². The predicted molar refractivity (Wildman–Crippen MR) is 65.3 cm³/mol. The van der Waals surface area contributed by atoms with Crippen molar-refractivity contribution in [3.05, 3.63) is 24.3 Å². The second-order valence-electron chi connectivity index (χ2n) is 4.03. The van der Waals surface area contributed by atoms with Gasteiger partial charge in [0.1, 0.15) is 0 Å². The van der Waals surface area contributed by atoms with Crippen LogP contribution in [0.2, 0.25) is 0 Å². The van der Waals surface area contributed by atoms with Crippen molar-refractivity contribution in [2.75, 3.05) is 13.2 Å². The Labute approximate surface area is 102 Å². The number of esters is 2. The summed E-state index contributed by atoms with van der Waals surface area (Å²) >= 11 is 0. The lowest BCUT2D eigenvalue weighted by Gasteiger charge is -2.15. The van der Waals surface area contributed by atoms with Crippen LogP contribution in [0.15, 0.2) is 24.3 Å². The fraction of sp³-hybridized carbons (Fsp3) is 0.538. The fourth-order valence-corrected chi connectivity index (χ4v) is 0.917. The predicted octanol–water partition coefficient (Wildman–Crippen LogP) is 2.25. The summed E-state index contributed by atoms with van der Waals surface area (Å²) in [4.78, 5) is 22.3.